The summed E-state index contributed by atoms with van der Waals surface area (Å²) in [5.41, 5.74) is 1.09. The number of rotatable bonds is 6. The zero-order valence-electron chi connectivity index (χ0n) is 11.6. The van der Waals surface area contributed by atoms with E-state index in [0.717, 1.165) is 12.0 Å². The Labute approximate surface area is 114 Å². The minimum Gasteiger partial charge on any atom is -0.385 e. The Bertz CT molecular complexity index is 560. The Balaban J connectivity index is 2.06. The molecule has 2 aromatic rings. The molecule has 0 N–H and O–H groups in total. The Morgan fingerprint density at radius 3 is 2.63 bits per heavy atom. The van der Waals surface area contributed by atoms with Crippen molar-refractivity contribution in [3.63, 3.8) is 0 Å². The maximum absolute atomic E-state index is 12.1. The zero-order valence-corrected chi connectivity index (χ0v) is 11.6. The average molecular weight is 256 g/mol. The smallest absolute Gasteiger partial charge is 0.140 e. The minimum atomic E-state index is 0.0615. The summed E-state index contributed by atoms with van der Waals surface area (Å²) < 4.78 is 5.02. The molecule has 1 unspecified atom stereocenters. The van der Waals surface area contributed by atoms with Gasteiger partial charge in [-0.15, -0.1) is 0 Å². The van der Waals surface area contributed by atoms with Crippen molar-refractivity contribution in [1.29, 1.82) is 0 Å². The monoisotopic (exact) mass is 256 g/mol. The van der Waals surface area contributed by atoms with Gasteiger partial charge < -0.3 is 4.74 Å². The van der Waals surface area contributed by atoms with Crippen LogP contribution in [0.2, 0.25) is 0 Å². The second kappa shape index (κ2) is 6.48. The van der Waals surface area contributed by atoms with Crippen LogP contribution in [-0.4, -0.2) is 19.5 Å². The summed E-state index contributed by atoms with van der Waals surface area (Å²) in [6.07, 6.45) is 1.30. The molecule has 0 saturated carbocycles. The summed E-state index contributed by atoms with van der Waals surface area (Å²) in [5.74, 6) is 0.346. The largest absolute Gasteiger partial charge is 0.385 e. The van der Waals surface area contributed by atoms with Gasteiger partial charge >= 0.3 is 0 Å². The topological polar surface area (TPSA) is 26.3 Å². The van der Waals surface area contributed by atoms with Gasteiger partial charge in [-0.2, -0.15) is 0 Å². The highest BCUT2D eigenvalue weighted by atomic mass is 16.5. The van der Waals surface area contributed by atoms with Gasteiger partial charge in [0.15, 0.2) is 0 Å². The number of ether oxygens (including phenoxy) is 1. The van der Waals surface area contributed by atoms with Gasteiger partial charge in [-0.3, -0.25) is 4.79 Å². The Morgan fingerprint density at radius 1 is 1.16 bits per heavy atom. The quantitative estimate of drug-likeness (QED) is 0.789. The van der Waals surface area contributed by atoms with E-state index in [1.807, 2.05) is 25.1 Å². The predicted molar refractivity (Wildman–Crippen MR) is 78.3 cm³/mol. The molecule has 0 aliphatic carbocycles. The molecule has 0 saturated heterocycles. The predicted octanol–water partition coefficient (Wildman–Crippen LogP) is 3.62. The highest BCUT2D eigenvalue weighted by Crippen LogP contribution is 2.17. The van der Waals surface area contributed by atoms with Gasteiger partial charge in [0.2, 0.25) is 0 Å². The summed E-state index contributed by atoms with van der Waals surface area (Å²) in [5, 5.41) is 2.41. The van der Waals surface area contributed by atoms with E-state index in [9.17, 15) is 4.79 Å². The van der Waals surface area contributed by atoms with Crippen LogP contribution >= 0.6 is 0 Å². The fourth-order valence-electron chi connectivity index (χ4n) is 2.18. The van der Waals surface area contributed by atoms with Crippen LogP contribution in [0, 0.1) is 5.92 Å². The van der Waals surface area contributed by atoms with Crippen LogP contribution in [0.3, 0.4) is 0 Å². The maximum Gasteiger partial charge on any atom is 0.140 e. The Morgan fingerprint density at radius 2 is 1.89 bits per heavy atom. The van der Waals surface area contributed by atoms with Gasteiger partial charge in [-0.05, 0) is 22.8 Å². The van der Waals surface area contributed by atoms with Crippen LogP contribution in [0.1, 0.15) is 18.9 Å². The van der Waals surface area contributed by atoms with Gasteiger partial charge in [-0.1, -0.05) is 49.4 Å². The van der Waals surface area contributed by atoms with E-state index in [0.29, 0.717) is 13.0 Å². The van der Waals surface area contributed by atoms with Crippen molar-refractivity contribution >= 4 is 16.6 Å². The third-order valence-electron chi connectivity index (χ3n) is 3.50. The lowest BCUT2D eigenvalue weighted by Gasteiger charge is -2.10. The fraction of sp³-hybridized carbons (Fsp3) is 0.353. The number of hydrogen-bond acceptors (Lipinski definition) is 2. The lowest BCUT2D eigenvalue weighted by atomic mass is 9.96. The molecule has 0 radical (unpaired) electrons. The second-order valence-corrected chi connectivity index (χ2v) is 5.01. The molecule has 2 rings (SSSR count). The van der Waals surface area contributed by atoms with E-state index in [1.54, 1.807) is 7.11 Å². The molecule has 0 aliphatic heterocycles. The lowest BCUT2D eigenvalue weighted by molar-refractivity contribution is -0.122. The fourth-order valence-corrected chi connectivity index (χ4v) is 2.18. The first-order valence-electron chi connectivity index (χ1n) is 6.70. The highest BCUT2D eigenvalue weighted by Gasteiger charge is 2.13. The minimum absolute atomic E-state index is 0.0615. The molecule has 0 amide bonds. The Kier molecular flexibility index (Phi) is 4.69. The third kappa shape index (κ3) is 3.65. The van der Waals surface area contributed by atoms with Crippen molar-refractivity contribution in [3.05, 3.63) is 48.0 Å². The second-order valence-electron chi connectivity index (χ2n) is 5.01. The van der Waals surface area contributed by atoms with Crippen LogP contribution in [0.5, 0.6) is 0 Å². The van der Waals surface area contributed by atoms with Gasteiger partial charge in [0.25, 0.3) is 0 Å². The SMILES string of the molecule is COCCC(C)C(=O)Cc1ccc2ccccc2c1. The van der Waals surface area contributed by atoms with E-state index in [2.05, 4.69) is 24.3 Å². The first-order valence-corrected chi connectivity index (χ1v) is 6.70. The molecule has 2 nitrogen and oxygen atoms in total. The van der Waals surface area contributed by atoms with Crippen molar-refractivity contribution < 1.29 is 9.53 Å². The number of carbonyl (C=O) groups is 1. The molecular formula is C17H20O2. The van der Waals surface area contributed by atoms with Crippen LogP contribution in [0.25, 0.3) is 10.8 Å². The lowest BCUT2D eigenvalue weighted by Crippen LogP contribution is -2.15. The molecule has 0 fully saturated rings. The van der Waals surface area contributed by atoms with Crippen LogP contribution in [-0.2, 0) is 16.0 Å². The number of Topliss-reactive ketones (excluding diaryl/α,β-unsaturated/α-hetero) is 1. The third-order valence-corrected chi connectivity index (χ3v) is 3.50. The molecule has 100 valence electrons. The van der Waals surface area contributed by atoms with Crippen LogP contribution < -0.4 is 0 Å². The van der Waals surface area contributed by atoms with Crippen molar-refractivity contribution in [2.24, 2.45) is 5.92 Å². The molecule has 0 spiro atoms. The maximum atomic E-state index is 12.1. The summed E-state index contributed by atoms with van der Waals surface area (Å²) in [6.45, 7) is 2.62. The first-order chi connectivity index (χ1) is 9.20. The summed E-state index contributed by atoms with van der Waals surface area (Å²) in [6, 6.07) is 14.5. The standard InChI is InChI=1S/C17H20O2/c1-13(9-10-19-2)17(18)12-14-7-8-15-5-3-4-6-16(15)11-14/h3-8,11,13H,9-10,12H2,1-2H3. The molecule has 2 heteroatoms. The van der Waals surface area contributed by atoms with E-state index < -0.39 is 0 Å². The van der Waals surface area contributed by atoms with E-state index in [4.69, 9.17) is 4.74 Å². The molecule has 0 aliphatic rings. The summed E-state index contributed by atoms with van der Waals surface area (Å²) in [7, 11) is 1.67. The molecular weight excluding hydrogens is 236 g/mol. The molecule has 19 heavy (non-hydrogen) atoms. The molecule has 1 atom stereocenters. The summed E-state index contributed by atoms with van der Waals surface area (Å²) in [4.78, 5) is 12.1. The van der Waals surface area contributed by atoms with Gasteiger partial charge in [0.1, 0.15) is 5.78 Å². The van der Waals surface area contributed by atoms with Gasteiger partial charge in [0.05, 0.1) is 0 Å². The van der Waals surface area contributed by atoms with E-state index in [1.165, 1.54) is 10.8 Å². The van der Waals surface area contributed by atoms with Gasteiger partial charge in [0, 0.05) is 26.1 Å². The van der Waals surface area contributed by atoms with Crippen molar-refractivity contribution in [2.75, 3.05) is 13.7 Å². The summed E-state index contributed by atoms with van der Waals surface area (Å²) >= 11 is 0. The van der Waals surface area contributed by atoms with Crippen molar-refractivity contribution in [2.45, 2.75) is 19.8 Å². The number of ketones is 1. The number of benzene rings is 2. The number of fused-ring (bicyclic) bond motifs is 1. The Hall–Kier alpha value is -1.67. The van der Waals surface area contributed by atoms with Crippen LogP contribution in [0.15, 0.2) is 42.5 Å². The van der Waals surface area contributed by atoms with Crippen molar-refractivity contribution in [3.8, 4) is 0 Å². The number of methoxy groups -OCH3 is 1. The molecule has 0 bridgehead atoms. The average Bonchev–Trinajstić information content (AvgIpc) is 2.44. The molecule has 0 heterocycles. The normalized spacial score (nSPS) is 12.5. The van der Waals surface area contributed by atoms with Gasteiger partial charge in [-0.25, -0.2) is 0 Å². The van der Waals surface area contributed by atoms with E-state index >= 15 is 0 Å². The highest BCUT2D eigenvalue weighted by molar-refractivity contribution is 5.86. The van der Waals surface area contributed by atoms with E-state index in [-0.39, 0.29) is 11.7 Å². The molecule has 2 aromatic carbocycles. The number of carbonyl (C=O) groups excluding carboxylic acids is 1. The zero-order chi connectivity index (χ0) is 13.7. The number of hydrogen-bond donors (Lipinski definition) is 0. The van der Waals surface area contributed by atoms with Crippen LogP contribution in [0.4, 0.5) is 0 Å². The molecule has 0 aromatic heterocycles. The van der Waals surface area contributed by atoms with Crippen molar-refractivity contribution in [1.82, 2.24) is 0 Å². The first kappa shape index (κ1) is 13.8.